The van der Waals surface area contributed by atoms with Crippen LogP contribution in [0.4, 0.5) is 5.69 Å². The van der Waals surface area contributed by atoms with Crippen LogP contribution >= 0.6 is 0 Å². The van der Waals surface area contributed by atoms with Gasteiger partial charge in [-0.15, -0.1) is 0 Å². The van der Waals surface area contributed by atoms with Crippen LogP contribution in [0.25, 0.3) is 0 Å². The molecule has 0 unspecified atom stereocenters. The van der Waals surface area contributed by atoms with Crippen LogP contribution < -0.4 is 14.4 Å². The van der Waals surface area contributed by atoms with E-state index in [2.05, 4.69) is 5.32 Å². The van der Waals surface area contributed by atoms with Crippen LogP contribution in [0.3, 0.4) is 0 Å². The highest BCUT2D eigenvalue weighted by atomic mass is 32.2. The average molecular weight is 557 g/mol. The summed E-state index contributed by atoms with van der Waals surface area (Å²) >= 11 is 0. The van der Waals surface area contributed by atoms with Crippen molar-refractivity contribution in [2.45, 2.75) is 55.0 Å². The van der Waals surface area contributed by atoms with Crippen molar-refractivity contribution < 1.29 is 26.4 Å². The Labute approximate surface area is 224 Å². The van der Waals surface area contributed by atoms with Crippen molar-refractivity contribution in [1.82, 2.24) is 5.32 Å². The monoisotopic (exact) mass is 556 g/mol. The minimum Gasteiger partial charge on any atom is -0.476 e. The molecule has 1 heterocycles. The lowest BCUT2D eigenvalue weighted by Crippen LogP contribution is -2.51. The topological polar surface area (TPSA) is 110 Å². The van der Waals surface area contributed by atoms with E-state index < -0.39 is 37.9 Å². The number of benzene rings is 3. The Balaban J connectivity index is 1.65. The molecule has 3 aromatic rings. The van der Waals surface area contributed by atoms with Gasteiger partial charge in [-0.25, -0.2) is 16.8 Å². The first-order valence-corrected chi connectivity index (χ1v) is 15.5. The fourth-order valence-electron chi connectivity index (χ4n) is 4.20. The van der Waals surface area contributed by atoms with Crippen LogP contribution in [0.15, 0.2) is 82.6 Å². The van der Waals surface area contributed by atoms with E-state index in [0.717, 1.165) is 11.8 Å². The van der Waals surface area contributed by atoms with Crippen molar-refractivity contribution >= 4 is 31.5 Å². The molecule has 0 saturated carbocycles. The number of amides is 1. The van der Waals surface area contributed by atoms with Gasteiger partial charge in [0.25, 0.3) is 15.9 Å². The first-order chi connectivity index (χ1) is 17.7. The summed E-state index contributed by atoms with van der Waals surface area (Å²) in [6.07, 6.45) is 0.0322. The molecule has 2 atom stereocenters. The molecular formula is C28H32N2O6S2. The summed E-state index contributed by atoms with van der Waals surface area (Å²) in [5.41, 5.74) is 1.79. The van der Waals surface area contributed by atoms with Gasteiger partial charge in [-0.1, -0.05) is 57.2 Å². The molecule has 1 N–H and O–H groups in total. The number of carbonyl (C=O) groups is 1. The molecule has 1 aliphatic rings. The summed E-state index contributed by atoms with van der Waals surface area (Å²) in [6.45, 7) is 7.67. The highest BCUT2D eigenvalue weighted by Crippen LogP contribution is 2.40. The minimum absolute atomic E-state index is 0.118. The van der Waals surface area contributed by atoms with Gasteiger partial charge in [-0.3, -0.25) is 9.10 Å². The van der Waals surface area contributed by atoms with Gasteiger partial charge in [-0.2, -0.15) is 0 Å². The molecule has 0 saturated heterocycles. The number of carbonyl (C=O) groups excluding carboxylic acids is 1. The van der Waals surface area contributed by atoms with E-state index >= 15 is 0 Å². The maximum Gasteiger partial charge on any atom is 0.264 e. The second-order valence-electron chi connectivity index (χ2n) is 10.5. The first kappa shape index (κ1) is 27.7. The Morgan fingerprint density at radius 3 is 2.16 bits per heavy atom. The van der Waals surface area contributed by atoms with E-state index in [1.807, 2.05) is 26.8 Å². The molecule has 4 rings (SSSR count). The third kappa shape index (κ3) is 5.71. The Morgan fingerprint density at radius 2 is 1.58 bits per heavy atom. The predicted octanol–water partition coefficient (Wildman–Crippen LogP) is 4.22. The van der Waals surface area contributed by atoms with Crippen LogP contribution in [0, 0.1) is 0 Å². The number of hydrogen-bond donors (Lipinski definition) is 1. The minimum atomic E-state index is -3.99. The summed E-state index contributed by atoms with van der Waals surface area (Å²) < 4.78 is 58.2. The fraction of sp³-hybridized carbons (Fsp3) is 0.321. The molecule has 0 aromatic heterocycles. The zero-order valence-electron chi connectivity index (χ0n) is 22.0. The van der Waals surface area contributed by atoms with Crippen molar-refractivity contribution in [2.75, 3.05) is 17.1 Å². The van der Waals surface area contributed by atoms with Crippen LogP contribution in [0.2, 0.25) is 0 Å². The van der Waals surface area contributed by atoms with Crippen LogP contribution in [-0.2, 0) is 30.1 Å². The molecule has 0 spiro atoms. The zero-order chi connectivity index (χ0) is 27.9. The number of anilines is 1. The van der Waals surface area contributed by atoms with Crippen molar-refractivity contribution in [1.29, 1.82) is 0 Å². The molecule has 0 bridgehead atoms. The smallest absolute Gasteiger partial charge is 0.264 e. The molecule has 38 heavy (non-hydrogen) atoms. The SMILES string of the molecule is C[C@@H](NC(=O)[C@@H]1CN(S(=O)(=O)c2ccccc2)c2cc(C(C)(C)C)ccc2O1)c1ccc(S(C)(=O)=O)cc1. The third-order valence-electron chi connectivity index (χ3n) is 6.49. The quantitative estimate of drug-likeness (QED) is 0.487. The van der Waals surface area contributed by atoms with Gasteiger partial charge in [0.2, 0.25) is 0 Å². The zero-order valence-corrected chi connectivity index (χ0v) is 23.6. The fourth-order valence-corrected chi connectivity index (χ4v) is 6.31. The molecule has 1 amide bonds. The number of nitrogens with one attached hydrogen (secondary N) is 1. The largest absolute Gasteiger partial charge is 0.476 e. The highest BCUT2D eigenvalue weighted by Gasteiger charge is 2.38. The molecule has 0 aliphatic carbocycles. The van der Waals surface area contributed by atoms with E-state index in [4.69, 9.17) is 4.74 Å². The van der Waals surface area contributed by atoms with Gasteiger partial charge < -0.3 is 10.1 Å². The second kappa shape index (κ2) is 10.1. The van der Waals surface area contributed by atoms with Gasteiger partial charge in [0.15, 0.2) is 15.9 Å². The van der Waals surface area contributed by atoms with Crippen LogP contribution in [0.1, 0.15) is 44.9 Å². The molecule has 0 radical (unpaired) electrons. The van der Waals surface area contributed by atoms with Gasteiger partial charge in [0.05, 0.1) is 28.1 Å². The van der Waals surface area contributed by atoms with Gasteiger partial charge in [-0.05, 0) is 59.9 Å². The van der Waals surface area contributed by atoms with E-state index in [1.165, 1.54) is 28.6 Å². The van der Waals surface area contributed by atoms with Gasteiger partial charge in [0, 0.05) is 6.26 Å². The Morgan fingerprint density at radius 1 is 0.947 bits per heavy atom. The maximum absolute atomic E-state index is 13.7. The van der Waals surface area contributed by atoms with E-state index in [0.29, 0.717) is 17.0 Å². The van der Waals surface area contributed by atoms with E-state index in [1.54, 1.807) is 49.4 Å². The van der Waals surface area contributed by atoms with Crippen LogP contribution in [-0.4, -0.2) is 41.6 Å². The highest BCUT2D eigenvalue weighted by molar-refractivity contribution is 7.92. The summed E-state index contributed by atoms with van der Waals surface area (Å²) in [5.74, 6) is -0.183. The molecule has 1 aliphatic heterocycles. The molecule has 10 heteroatoms. The van der Waals surface area contributed by atoms with Gasteiger partial charge in [0.1, 0.15) is 5.75 Å². The van der Waals surface area contributed by atoms with Gasteiger partial charge >= 0.3 is 0 Å². The first-order valence-electron chi connectivity index (χ1n) is 12.2. The van der Waals surface area contributed by atoms with Crippen molar-refractivity contribution in [3.63, 3.8) is 0 Å². The number of sulfone groups is 1. The number of hydrogen-bond acceptors (Lipinski definition) is 6. The number of ether oxygens (including phenoxy) is 1. The number of sulfonamides is 1. The molecule has 202 valence electrons. The van der Waals surface area contributed by atoms with Crippen molar-refractivity contribution in [3.05, 3.63) is 83.9 Å². The summed E-state index contributed by atoms with van der Waals surface area (Å²) in [5, 5.41) is 2.87. The number of nitrogens with zero attached hydrogens (tertiary/aromatic N) is 1. The van der Waals surface area contributed by atoms with Crippen molar-refractivity contribution in [2.24, 2.45) is 0 Å². The lowest BCUT2D eigenvalue weighted by atomic mass is 9.86. The Kier molecular flexibility index (Phi) is 7.33. The lowest BCUT2D eigenvalue weighted by molar-refractivity contribution is -0.128. The Hall–Kier alpha value is -3.37. The Bertz CT molecular complexity index is 1550. The maximum atomic E-state index is 13.7. The average Bonchev–Trinajstić information content (AvgIpc) is 2.87. The number of fused-ring (bicyclic) bond motifs is 1. The predicted molar refractivity (Wildman–Crippen MR) is 147 cm³/mol. The molecule has 0 fully saturated rings. The second-order valence-corrected chi connectivity index (χ2v) is 14.3. The summed E-state index contributed by atoms with van der Waals surface area (Å²) in [7, 11) is -7.33. The summed E-state index contributed by atoms with van der Waals surface area (Å²) in [4.78, 5) is 13.6. The van der Waals surface area contributed by atoms with Crippen LogP contribution in [0.5, 0.6) is 5.75 Å². The van der Waals surface area contributed by atoms with Crippen molar-refractivity contribution in [3.8, 4) is 5.75 Å². The standard InChI is InChI=1S/C28H32N2O6S2/c1-19(20-11-14-22(15-12-20)37(5,32)33)29-27(31)26-18-30(38(34,35)23-9-7-6-8-10-23)24-17-21(28(2,3)4)13-16-25(24)36-26/h6-17,19,26H,18H2,1-5H3,(H,29,31)/t19-,26+/m1/s1. The lowest BCUT2D eigenvalue weighted by Gasteiger charge is -2.36. The molecule has 3 aromatic carbocycles. The molecular weight excluding hydrogens is 524 g/mol. The summed E-state index contributed by atoms with van der Waals surface area (Å²) in [6, 6.07) is 19.3. The normalized spacial score (nSPS) is 16.8. The van der Waals surface area contributed by atoms with E-state index in [-0.39, 0.29) is 21.8 Å². The number of rotatable bonds is 6. The molecule has 8 nitrogen and oxygen atoms in total. The van der Waals surface area contributed by atoms with E-state index in [9.17, 15) is 21.6 Å². The third-order valence-corrected chi connectivity index (χ3v) is 9.41.